The van der Waals surface area contributed by atoms with Crippen molar-refractivity contribution < 1.29 is 47.1 Å². The molecule has 0 rings (SSSR count). The third-order valence-corrected chi connectivity index (χ3v) is 0.621. The average Bonchev–Trinajstić information content (AvgIpc) is 1.86. The van der Waals surface area contributed by atoms with Gasteiger partial charge in [-0.2, -0.15) is 9.26 Å². The molecule has 0 saturated carbocycles. The lowest BCUT2D eigenvalue weighted by molar-refractivity contribution is -0.111. The van der Waals surface area contributed by atoms with Gasteiger partial charge in [-0.3, -0.25) is 0 Å². The lowest BCUT2D eigenvalue weighted by atomic mass is 14.0. The molecule has 0 bridgehead atoms. The summed E-state index contributed by atoms with van der Waals surface area (Å²) in [5.41, 5.74) is 0. The van der Waals surface area contributed by atoms with Gasteiger partial charge >= 0.3 is 18.1 Å². The Morgan fingerprint density at radius 2 is 0.714 bits per heavy atom. The van der Waals surface area contributed by atoms with E-state index in [1.54, 1.807) is 0 Å². The molecule has 0 aromatic heterocycles. The molecule has 0 fully saturated rings. The first-order valence-electron chi connectivity index (χ1n) is 2.06. The van der Waals surface area contributed by atoms with Crippen molar-refractivity contribution in [2.24, 2.45) is 0 Å². The fraction of sp³-hybridized carbons (Fsp3) is 0. The molecule has 0 saturated heterocycles. The monoisotopic (exact) mass is 262 g/mol. The quantitative estimate of drug-likeness (QED) is 0.235. The van der Waals surface area contributed by atoms with Crippen LogP contribution in [0.4, 0.5) is 9.05 Å². The molecule has 12 N–H and O–H groups in total. The van der Waals surface area contributed by atoms with Gasteiger partial charge in [-0.1, -0.05) is 9.05 Å². The van der Waals surface area contributed by atoms with Crippen LogP contribution in [0, 0.1) is 0 Å². The minimum atomic E-state index is -4.80. The number of hydrogen-bond acceptors (Lipinski definition) is 10. The summed E-state index contributed by atoms with van der Waals surface area (Å²) in [5.74, 6) is 0. The summed E-state index contributed by atoms with van der Waals surface area (Å²) in [7, 11) is -9.60. The van der Waals surface area contributed by atoms with Gasteiger partial charge in [0.2, 0.25) is 0 Å². The topological polar surface area (TPSA) is 210 Å². The van der Waals surface area contributed by atoms with Crippen molar-refractivity contribution in [2.75, 3.05) is 0 Å². The van der Waals surface area contributed by atoms with E-state index in [4.69, 9.17) is 28.8 Å². The van der Waals surface area contributed by atoms with E-state index in [-0.39, 0.29) is 12.3 Å². The first kappa shape index (κ1) is 23.6. The standard InChI is InChI=1S/2FH3O4Si.2H3N/c2*1-5-6(2,3)4;;/h2*2-4H;2*1H3. The molecule has 0 aliphatic rings. The van der Waals surface area contributed by atoms with Crippen molar-refractivity contribution in [2.45, 2.75) is 0 Å². The van der Waals surface area contributed by atoms with E-state index in [1.165, 1.54) is 0 Å². The average molecular weight is 262 g/mol. The lowest BCUT2D eigenvalue weighted by Crippen LogP contribution is -2.35. The normalized spacial score (nSPS) is 10.3. The molecule has 0 aromatic rings. The Balaban J connectivity index is -0.0000000625. The highest BCUT2D eigenvalue weighted by Crippen LogP contribution is 1.85. The van der Waals surface area contributed by atoms with Gasteiger partial charge < -0.3 is 41.1 Å². The van der Waals surface area contributed by atoms with Gasteiger partial charge in [0, 0.05) is 0 Å². The van der Waals surface area contributed by atoms with E-state index < -0.39 is 18.1 Å². The zero-order chi connectivity index (χ0) is 10.4. The molecule has 14 heavy (non-hydrogen) atoms. The van der Waals surface area contributed by atoms with Crippen LogP contribution in [0.2, 0.25) is 0 Å². The second-order valence-electron chi connectivity index (χ2n) is 1.30. The van der Waals surface area contributed by atoms with E-state index in [0.717, 1.165) is 0 Å². The van der Waals surface area contributed by atoms with Crippen LogP contribution in [0.1, 0.15) is 0 Å². The van der Waals surface area contributed by atoms with Crippen molar-refractivity contribution in [1.82, 2.24) is 12.3 Å². The number of hydrogen-bond donors (Lipinski definition) is 8. The molecule has 0 unspecified atom stereocenters. The van der Waals surface area contributed by atoms with Crippen molar-refractivity contribution in [3.8, 4) is 0 Å². The van der Waals surface area contributed by atoms with Crippen LogP contribution in [-0.4, -0.2) is 46.9 Å². The van der Waals surface area contributed by atoms with Gasteiger partial charge in [-0.15, -0.1) is 0 Å². The van der Waals surface area contributed by atoms with Gasteiger partial charge in [0.15, 0.2) is 0 Å². The van der Waals surface area contributed by atoms with Crippen LogP contribution in [0.5, 0.6) is 0 Å². The minimum Gasteiger partial charge on any atom is -0.366 e. The first-order chi connectivity index (χ1) is 5.12. The molecule has 0 radical (unpaired) electrons. The maximum absolute atomic E-state index is 10.3. The predicted octanol–water partition coefficient (Wildman–Crippen LogP) is -3.08. The molecule has 0 aromatic carbocycles. The molecule has 14 heteroatoms. The Bertz CT molecular complexity index is 96.9. The van der Waals surface area contributed by atoms with Crippen LogP contribution < -0.4 is 12.3 Å². The van der Waals surface area contributed by atoms with E-state index >= 15 is 0 Å². The third kappa shape index (κ3) is 40.6. The highest BCUT2D eigenvalue weighted by molar-refractivity contribution is 6.48. The highest BCUT2D eigenvalue weighted by atomic mass is 28.4. The van der Waals surface area contributed by atoms with Gasteiger partial charge in [-0.05, 0) is 0 Å². The fourth-order valence-corrected chi connectivity index (χ4v) is 0. The van der Waals surface area contributed by atoms with Crippen LogP contribution in [0.15, 0.2) is 0 Å². The van der Waals surface area contributed by atoms with Crippen molar-refractivity contribution in [1.29, 1.82) is 0 Å². The second kappa shape index (κ2) is 9.45. The molecule has 0 atom stereocenters. The van der Waals surface area contributed by atoms with Crippen molar-refractivity contribution in [3.63, 3.8) is 0 Å². The summed E-state index contributed by atoms with van der Waals surface area (Å²) in [6.07, 6.45) is 0. The predicted molar refractivity (Wildman–Crippen MR) is 39.3 cm³/mol. The van der Waals surface area contributed by atoms with Crippen LogP contribution >= 0.6 is 0 Å². The second-order valence-corrected chi connectivity index (χ2v) is 3.91. The van der Waals surface area contributed by atoms with E-state index in [1.807, 2.05) is 0 Å². The van der Waals surface area contributed by atoms with Gasteiger partial charge in [0.25, 0.3) is 0 Å². The van der Waals surface area contributed by atoms with Gasteiger partial charge in [-0.25, -0.2) is 0 Å². The van der Waals surface area contributed by atoms with Gasteiger partial charge in [0.1, 0.15) is 0 Å². The number of rotatable bonds is 2. The SMILES string of the molecule is N.N.O[Si](O)(O)OF.O[Si](O)(O)OF. The summed E-state index contributed by atoms with van der Waals surface area (Å²) in [6.45, 7) is 0. The molecule has 0 spiro atoms. The highest BCUT2D eigenvalue weighted by Gasteiger charge is 2.32. The fourth-order valence-electron chi connectivity index (χ4n) is 0. The van der Waals surface area contributed by atoms with Crippen LogP contribution in [-0.2, 0) is 9.26 Å². The van der Waals surface area contributed by atoms with E-state index in [9.17, 15) is 9.05 Å². The molecule has 0 amide bonds. The third-order valence-electron chi connectivity index (χ3n) is 0.207. The van der Waals surface area contributed by atoms with E-state index in [0.29, 0.717) is 0 Å². The molecule has 0 aliphatic heterocycles. The zero-order valence-corrected chi connectivity index (χ0v) is 8.67. The van der Waals surface area contributed by atoms with Crippen LogP contribution in [0.3, 0.4) is 0 Å². The number of halogens is 2. The minimum absolute atomic E-state index is 0. The van der Waals surface area contributed by atoms with Gasteiger partial charge in [0.05, 0.1) is 0 Å². The Kier molecular flexibility index (Phi) is 15.9. The Morgan fingerprint density at radius 3 is 0.714 bits per heavy atom. The Morgan fingerprint density at radius 1 is 0.643 bits per heavy atom. The molecule has 0 heterocycles. The Labute approximate surface area is 78.5 Å². The smallest absolute Gasteiger partial charge is 0.366 e. The van der Waals surface area contributed by atoms with Crippen molar-refractivity contribution >= 4 is 18.1 Å². The maximum atomic E-state index is 10.3. The molecular weight excluding hydrogens is 250 g/mol. The summed E-state index contributed by atoms with van der Waals surface area (Å²) < 4.78 is 25.1. The van der Waals surface area contributed by atoms with Crippen LogP contribution in [0.25, 0.3) is 0 Å². The molecular formula is H12F2N2O8Si2. The maximum Gasteiger partial charge on any atom is 0.703 e. The summed E-state index contributed by atoms with van der Waals surface area (Å²) in [5, 5.41) is 0. The first-order valence-corrected chi connectivity index (χ1v) is 5.56. The summed E-state index contributed by atoms with van der Waals surface area (Å²) in [6, 6.07) is 0. The zero-order valence-electron chi connectivity index (χ0n) is 6.67. The summed E-state index contributed by atoms with van der Waals surface area (Å²) in [4.78, 5) is 44.9. The molecule has 0 aliphatic carbocycles. The Hall–Kier alpha value is -0.106. The molecule has 10 nitrogen and oxygen atoms in total. The van der Waals surface area contributed by atoms with Crippen molar-refractivity contribution in [3.05, 3.63) is 0 Å². The summed E-state index contributed by atoms with van der Waals surface area (Å²) >= 11 is 0. The largest absolute Gasteiger partial charge is 0.703 e. The van der Waals surface area contributed by atoms with E-state index in [2.05, 4.69) is 9.26 Å². The lowest BCUT2D eigenvalue weighted by Gasteiger charge is -1.96. The molecule has 92 valence electrons.